The predicted octanol–water partition coefficient (Wildman–Crippen LogP) is 8.24. The van der Waals surface area contributed by atoms with Crippen LogP contribution in [0.5, 0.6) is 0 Å². The van der Waals surface area contributed by atoms with Gasteiger partial charge in [0.15, 0.2) is 0 Å². The molecule has 4 heteroatoms. The first-order valence-corrected chi connectivity index (χ1v) is 14.4. The summed E-state index contributed by atoms with van der Waals surface area (Å²) in [7, 11) is 0. The molecule has 0 amide bonds. The molecule has 3 aromatic rings. The van der Waals surface area contributed by atoms with Gasteiger partial charge in [0, 0.05) is 0 Å². The van der Waals surface area contributed by atoms with Crippen LogP contribution in [0.25, 0.3) is 17.2 Å². The van der Waals surface area contributed by atoms with Crippen LogP contribution in [0.1, 0.15) is 92.6 Å². The molecule has 0 bridgehead atoms. The van der Waals surface area contributed by atoms with Gasteiger partial charge in [-0.2, -0.15) is 0 Å². The van der Waals surface area contributed by atoms with Crippen molar-refractivity contribution in [1.82, 2.24) is 0 Å². The standard InChI is InChI=1S/C36H42O4/c1-7-39-32(37)24-28-16-10-14-26(33(28)27-15-11-17-29(23-27)34(38)40-8-2)13-9-12-25-18-19-30-31(22-25)36(5,6)21-20-35(30,3)4/h9-11,13-19,22-23H,7-8,12,20-21,24H2,1-6H3/b13-9+. The molecule has 40 heavy (non-hydrogen) atoms. The molecule has 0 N–H and O–H groups in total. The second kappa shape index (κ2) is 12.2. The molecule has 1 aliphatic carbocycles. The smallest absolute Gasteiger partial charge is 0.338 e. The Bertz CT molecular complexity index is 1410. The van der Waals surface area contributed by atoms with E-state index in [1.54, 1.807) is 13.0 Å². The lowest BCUT2D eigenvalue weighted by Gasteiger charge is -2.42. The summed E-state index contributed by atoms with van der Waals surface area (Å²) in [5.74, 6) is -0.631. The monoisotopic (exact) mass is 538 g/mol. The lowest BCUT2D eigenvalue weighted by atomic mass is 9.63. The lowest BCUT2D eigenvalue weighted by molar-refractivity contribution is -0.142. The largest absolute Gasteiger partial charge is 0.466 e. The molecule has 0 spiro atoms. The van der Waals surface area contributed by atoms with Crippen molar-refractivity contribution in [3.63, 3.8) is 0 Å². The number of hydrogen-bond donors (Lipinski definition) is 0. The molecule has 0 saturated carbocycles. The highest BCUT2D eigenvalue weighted by molar-refractivity contribution is 5.92. The number of carbonyl (C=O) groups is 2. The molecule has 0 unspecified atom stereocenters. The van der Waals surface area contributed by atoms with E-state index in [0.29, 0.717) is 18.8 Å². The van der Waals surface area contributed by atoms with Crippen LogP contribution in [0, 0.1) is 0 Å². The summed E-state index contributed by atoms with van der Waals surface area (Å²) in [5, 5.41) is 0. The van der Waals surface area contributed by atoms with Crippen molar-refractivity contribution in [2.75, 3.05) is 13.2 Å². The van der Waals surface area contributed by atoms with Gasteiger partial charge in [-0.1, -0.05) is 88.4 Å². The second-order valence-electron chi connectivity index (χ2n) is 11.9. The van der Waals surface area contributed by atoms with E-state index in [1.165, 1.54) is 29.5 Å². The van der Waals surface area contributed by atoms with Gasteiger partial charge in [0.1, 0.15) is 0 Å². The molecule has 210 valence electrons. The van der Waals surface area contributed by atoms with Crippen LogP contribution in [-0.4, -0.2) is 25.2 Å². The molecule has 4 nitrogen and oxygen atoms in total. The molecule has 1 aliphatic rings. The van der Waals surface area contributed by atoms with Crippen LogP contribution < -0.4 is 0 Å². The van der Waals surface area contributed by atoms with Crippen LogP contribution in [-0.2, 0) is 37.9 Å². The van der Waals surface area contributed by atoms with Crippen molar-refractivity contribution in [2.24, 2.45) is 0 Å². The Hall–Kier alpha value is -3.66. The average Bonchev–Trinajstić information content (AvgIpc) is 2.92. The minimum Gasteiger partial charge on any atom is -0.466 e. The number of ether oxygens (including phenoxy) is 2. The van der Waals surface area contributed by atoms with E-state index in [4.69, 9.17) is 9.47 Å². The van der Waals surface area contributed by atoms with E-state index in [9.17, 15) is 9.59 Å². The van der Waals surface area contributed by atoms with E-state index in [2.05, 4.69) is 64.1 Å². The molecule has 0 saturated heterocycles. The van der Waals surface area contributed by atoms with Gasteiger partial charge in [-0.05, 0) is 95.0 Å². The maximum Gasteiger partial charge on any atom is 0.338 e. The van der Waals surface area contributed by atoms with Crippen LogP contribution in [0.3, 0.4) is 0 Å². The predicted molar refractivity (Wildman–Crippen MR) is 163 cm³/mol. The van der Waals surface area contributed by atoms with Crippen LogP contribution in [0.15, 0.2) is 66.7 Å². The summed E-state index contributed by atoms with van der Waals surface area (Å²) in [4.78, 5) is 24.9. The van der Waals surface area contributed by atoms with Crippen LogP contribution in [0.4, 0.5) is 0 Å². The molecule has 3 aromatic carbocycles. The summed E-state index contributed by atoms with van der Waals surface area (Å²) < 4.78 is 10.5. The number of allylic oxidation sites excluding steroid dienone is 1. The van der Waals surface area contributed by atoms with Gasteiger partial charge in [-0.3, -0.25) is 4.79 Å². The molecule has 0 radical (unpaired) electrons. The second-order valence-corrected chi connectivity index (χ2v) is 11.9. The van der Waals surface area contributed by atoms with E-state index >= 15 is 0 Å². The van der Waals surface area contributed by atoms with Crippen LogP contribution >= 0.6 is 0 Å². The zero-order chi connectivity index (χ0) is 28.9. The van der Waals surface area contributed by atoms with Crippen LogP contribution in [0.2, 0.25) is 0 Å². The minimum atomic E-state index is -0.358. The van der Waals surface area contributed by atoms with Gasteiger partial charge in [-0.25, -0.2) is 4.79 Å². The van der Waals surface area contributed by atoms with E-state index < -0.39 is 0 Å². The fraction of sp³-hybridized carbons (Fsp3) is 0.389. The molecular weight excluding hydrogens is 496 g/mol. The average molecular weight is 539 g/mol. The number of hydrogen-bond acceptors (Lipinski definition) is 4. The van der Waals surface area contributed by atoms with Gasteiger partial charge in [0.25, 0.3) is 0 Å². The Balaban J connectivity index is 1.69. The molecule has 0 atom stereocenters. The topological polar surface area (TPSA) is 52.6 Å². The Labute approximate surface area is 239 Å². The van der Waals surface area contributed by atoms with Gasteiger partial charge < -0.3 is 9.47 Å². The SMILES string of the molecule is CCOC(=O)Cc1cccc(/C=C/Cc2ccc3c(c2)C(C)(C)CCC3(C)C)c1-c1cccc(C(=O)OCC)c1. The number of benzene rings is 3. The van der Waals surface area contributed by atoms with Crippen molar-refractivity contribution in [1.29, 1.82) is 0 Å². The highest BCUT2D eigenvalue weighted by atomic mass is 16.5. The number of fused-ring (bicyclic) bond motifs is 1. The molecular formula is C36H42O4. The third kappa shape index (κ3) is 6.55. The normalized spacial score (nSPS) is 15.4. The summed E-state index contributed by atoms with van der Waals surface area (Å²) in [6.07, 6.45) is 7.65. The summed E-state index contributed by atoms with van der Waals surface area (Å²) in [6, 6.07) is 20.4. The van der Waals surface area contributed by atoms with Crippen molar-refractivity contribution >= 4 is 18.0 Å². The summed E-state index contributed by atoms with van der Waals surface area (Å²) in [5.41, 5.74) is 8.70. The molecule has 0 heterocycles. The first kappa shape index (κ1) is 29.3. The van der Waals surface area contributed by atoms with Crippen molar-refractivity contribution in [2.45, 2.75) is 78.1 Å². The maximum absolute atomic E-state index is 12.5. The highest BCUT2D eigenvalue weighted by Gasteiger charge is 2.36. The third-order valence-electron chi connectivity index (χ3n) is 8.05. The number of esters is 2. The number of carbonyl (C=O) groups excluding carboxylic acids is 2. The number of rotatable bonds is 9. The highest BCUT2D eigenvalue weighted by Crippen LogP contribution is 2.46. The quantitative estimate of drug-likeness (QED) is 0.257. The van der Waals surface area contributed by atoms with Crippen molar-refractivity contribution in [3.8, 4) is 11.1 Å². The van der Waals surface area contributed by atoms with Crippen molar-refractivity contribution < 1.29 is 19.1 Å². The minimum absolute atomic E-state index is 0.157. The van der Waals surface area contributed by atoms with E-state index in [0.717, 1.165) is 28.7 Å². The first-order valence-electron chi connectivity index (χ1n) is 14.4. The molecule has 0 fully saturated rings. The van der Waals surface area contributed by atoms with Gasteiger partial charge >= 0.3 is 11.9 Å². The Morgan fingerprint density at radius 2 is 1.52 bits per heavy atom. The zero-order valence-electron chi connectivity index (χ0n) is 24.8. The fourth-order valence-electron chi connectivity index (χ4n) is 5.73. The Morgan fingerprint density at radius 3 is 2.25 bits per heavy atom. The summed E-state index contributed by atoms with van der Waals surface area (Å²) >= 11 is 0. The molecule has 4 rings (SSSR count). The van der Waals surface area contributed by atoms with Gasteiger partial charge in [-0.15, -0.1) is 0 Å². The lowest BCUT2D eigenvalue weighted by Crippen LogP contribution is -2.33. The van der Waals surface area contributed by atoms with Crippen molar-refractivity contribution in [3.05, 3.63) is 100 Å². The zero-order valence-corrected chi connectivity index (χ0v) is 24.8. The third-order valence-corrected chi connectivity index (χ3v) is 8.05. The van der Waals surface area contributed by atoms with E-state index in [-0.39, 0.29) is 29.2 Å². The molecule has 0 aromatic heterocycles. The van der Waals surface area contributed by atoms with Gasteiger partial charge in [0.2, 0.25) is 0 Å². The Morgan fingerprint density at radius 1 is 0.825 bits per heavy atom. The summed E-state index contributed by atoms with van der Waals surface area (Å²) in [6.45, 7) is 13.7. The Kier molecular flexibility index (Phi) is 8.98. The maximum atomic E-state index is 12.5. The van der Waals surface area contributed by atoms with E-state index in [1.807, 2.05) is 37.3 Å². The molecule has 0 aliphatic heterocycles. The van der Waals surface area contributed by atoms with Gasteiger partial charge in [0.05, 0.1) is 25.2 Å². The first-order chi connectivity index (χ1) is 19.1. The fourth-order valence-corrected chi connectivity index (χ4v) is 5.73.